The second kappa shape index (κ2) is 15.1. The number of alkyl carbamates (subject to hydrolysis) is 1. The highest BCUT2D eigenvalue weighted by atomic mass is 32.1. The standard InChI is InChI=1S/C40H48N6O6S/c1-7-40(5,43-38(51)52-39(2,3)4)37(50)42-29(21-27-23-44(6)31-14-9-8-13-28(27)31)35(48)41-30-20-26-12-10-15-32(45-18-11-16-33(45)47)34(26)46(36(30)49)22-25-17-19-53-24-25/h8-10,12-15,17,19,23-24,29-30H,7,11,16,18,20-22H2,1-6H3,(H,41,48)(H,42,50)(H,43,51)/t29-,30?,40-/m1/s1. The van der Waals surface area contributed by atoms with Gasteiger partial charge in [-0.2, -0.15) is 11.3 Å². The molecule has 4 aromatic rings. The minimum Gasteiger partial charge on any atom is -0.444 e. The Kier molecular flexibility index (Phi) is 10.7. The monoisotopic (exact) mass is 740 g/mol. The van der Waals surface area contributed by atoms with Crippen LogP contribution in [0.2, 0.25) is 0 Å². The average Bonchev–Trinajstić information content (AvgIpc) is 3.86. The van der Waals surface area contributed by atoms with E-state index in [1.54, 1.807) is 44.4 Å². The zero-order chi connectivity index (χ0) is 38.1. The maximum absolute atomic E-state index is 14.5. The van der Waals surface area contributed by atoms with Crippen LogP contribution in [-0.4, -0.2) is 64.1 Å². The van der Waals surface area contributed by atoms with Gasteiger partial charge in [-0.15, -0.1) is 0 Å². The first-order chi connectivity index (χ1) is 25.2. The number of hydrogen-bond acceptors (Lipinski definition) is 7. The lowest BCUT2D eigenvalue weighted by molar-refractivity contribution is -0.133. The fraction of sp³-hybridized carbons (Fsp3) is 0.425. The fourth-order valence-corrected chi connectivity index (χ4v) is 7.72. The first kappa shape index (κ1) is 37.6. The maximum Gasteiger partial charge on any atom is 0.408 e. The van der Waals surface area contributed by atoms with E-state index in [0.29, 0.717) is 24.3 Å². The van der Waals surface area contributed by atoms with Crippen molar-refractivity contribution in [3.8, 4) is 0 Å². The summed E-state index contributed by atoms with van der Waals surface area (Å²) in [5.41, 5.74) is 2.75. The molecular formula is C40H48N6O6S. The van der Waals surface area contributed by atoms with Crippen molar-refractivity contribution >= 4 is 63.3 Å². The number of amides is 5. The van der Waals surface area contributed by atoms with Crippen LogP contribution in [0.15, 0.2) is 65.5 Å². The lowest BCUT2D eigenvalue weighted by Crippen LogP contribution is -2.62. The molecule has 12 nitrogen and oxygen atoms in total. The van der Waals surface area contributed by atoms with Crippen LogP contribution >= 0.6 is 11.3 Å². The number of rotatable bonds is 11. The molecule has 2 aliphatic rings. The third kappa shape index (κ3) is 8.09. The second-order valence-corrected chi connectivity index (χ2v) is 15.9. The zero-order valence-electron chi connectivity index (χ0n) is 31.2. The number of thiophene rings is 1. The predicted octanol–water partition coefficient (Wildman–Crippen LogP) is 5.36. The summed E-state index contributed by atoms with van der Waals surface area (Å²) >= 11 is 1.53. The minimum absolute atomic E-state index is 0.0176. The van der Waals surface area contributed by atoms with Crippen LogP contribution in [0.5, 0.6) is 0 Å². The molecule has 2 aliphatic heterocycles. The molecule has 0 radical (unpaired) electrons. The van der Waals surface area contributed by atoms with Crippen molar-refractivity contribution in [1.29, 1.82) is 0 Å². The Hall–Kier alpha value is -5.17. The summed E-state index contributed by atoms with van der Waals surface area (Å²) in [7, 11) is 1.92. The first-order valence-electron chi connectivity index (χ1n) is 18.1. The van der Waals surface area contributed by atoms with E-state index in [1.807, 2.05) is 77.1 Å². The van der Waals surface area contributed by atoms with Crippen LogP contribution in [0, 0.1) is 0 Å². The number of hydrogen-bond donors (Lipinski definition) is 3. The van der Waals surface area contributed by atoms with Crippen molar-refractivity contribution in [2.75, 3.05) is 16.3 Å². The van der Waals surface area contributed by atoms with Gasteiger partial charge in [-0.3, -0.25) is 19.2 Å². The Bertz CT molecular complexity index is 2030. The third-order valence-corrected chi connectivity index (χ3v) is 10.7. The van der Waals surface area contributed by atoms with Crippen LogP contribution < -0.4 is 25.8 Å². The third-order valence-electron chi connectivity index (χ3n) is 9.97. The Morgan fingerprint density at radius 3 is 2.49 bits per heavy atom. The lowest BCUT2D eigenvalue weighted by atomic mass is 9.94. The molecule has 280 valence electrons. The van der Waals surface area contributed by atoms with E-state index in [4.69, 9.17) is 4.74 Å². The van der Waals surface area contributed by atoms with Gasteiger partial charge in [0, 0.05) is 50.0 Å². The molecule has 1 saturated heterocycles. The molecule has 3 N–H and O–H groups in total. The highest BCUT2D eigenvalue weighted by Gasteiger charge is 2.41. The Morgan fingerprint density at radius 1 is 1.04 bits per heavy atom. The van der Waals surface area contributed by atoms with E-state index < -0.39 is 41.1 Å². The van der Waals surface area contributed by atoms with Crippen molar-refractivity contribution in [2.24, 2.45) is 7.05 Å². The smallest absolute Gasteiger partial charge is 0.408 e. The van der Waals surface area contributed by atoms with Crippen molar-refractivity contribution in [2.45, 2.75) is 96.5 Å². The molecule has 1 fully saturated rings. The van der Waals surface area contributed by atoms with Crippen LogP contribution in [0.3, 0.4) is 0 Å². The molecule has 0 saturated carbocycles. The van der Waals surface area contributed by atoms with E-state index in [1.165, 1.54) is 11.3 Å². The number of aromatic nitrogens is 1. The van der Waals surface area contributed by atoms with E-state index in [-0.39, 0.29) is 37.6 Å². The molecule has 0 bridgehead atoms. The van der Waals surface area contributed by atoms with E-state index >= 15 is 0 Å². The summed E-state index contributed by atoms with van der Waals surface area (Å²) in [5.74, 6) is -1.39. The molecule has 0 aliphatic carbocycles. The van der Waals surface area contributed by atoms with Crippen LogP contribution in [0.4, 0.5) is 16.2 Å². The molecule has 2 aromatic carbocycles. The number of anilines is 2. The van der Waals surface area contributed by atoms with E-state index in [9.17, 15) is 24.0 Å². The van der Waals surface area contributed by atoms with Gasteiger partial charge in [-0.05, 0) is 86.2 Å². The van der Waals surface area contributed by atoms with Gasteiger partial charge in [0.25, 0.3) is 0 Å². The van der Waals surface area contributed by atoms with Crippen molar-refractivity contribution in [3.05, 3.63) is 82.2 Å². The average molecular weight is 741 g/mol. The summed E-state index contributed by atoms with van der Waals surface area (Å²) in [6.07, 6.45) is 2.93. The maximum atomic E-state index is 14.5. The summed E-state index contributed by atoms with van der Waals surface area (Å²) in [6.45, 7) is 9.40. The number of ether oxygens (including phenoxy) is 1. The van der Waals surface area contributed by atoms with E-state index in [0.717, 1.165) is 34.0 Å². The number of para-hydroxylation sites is 2. The lowest BCUT2D eigenvalue weighted by Gasteiger charge is -2.38. The van der Waals surface area contributed by atoms with Crippen LogP contribution in [0.25, 0.3) is 10.9 Å². The summed E-state index contributed by atoms with van der Waals surface area (Å²) in [5, 5.41) is 13.5. The fourth-order valence-electron chi connectivity index (χ4n) is 7.06. The molecule has 53 heavy (non-hydrogen) atoms. The minimum atomic E-state index is -1.40. The van der Waals surface area contributed by atoms with Crippen LogP contribution in [0.1, 0.15) is 70.6 Å². The first-order valence-corrected chi connectivity index (χ1v) is 19.0. The van der Waals surface area contributed by atoms with Gasteiger partial charge >= 0.3 is 6.09 Å². The van der Waals surface area contributed by atoms with E-state index in [2.05, 4.69) is 16.0 Å². The number of nitrogens with one attached hydrogen (secondary N) is 3. The summed E-state index contributed by atoms with van der Waals surface area (Å²) in [4.78, 5) is 72.1. The highest BCUT2D eigenvalue weighted by molar-refractivity contribution is 7.07. The van der Waals surface area contributed by atoms with Gasteiger partial charge in [0.05, 0.1) is 17.9 Å². The second-order valence-electron chi connectivity index (χ2n) is 15.1. The number of carbonyl (C=O) groups excluding carboxylic acids is 5. The van der Waals surface area contributed by atoms with Crippen LogP contribution in [-0.2, 0) is 50.3 Å². The van der Waals surface area contributed by atoms with Gasteiger partial charge in [0.15, 0.2) is 0 Å². The van der Waals surface area contributed by atoms with Crippen molar-refractivity contribution < 1.29 is 28.7 Å². The van der Waals surface area contributed by atoms with Crippen molar-refractivity contribution in [1.82, 2.24) is 20.5 Å². The van der Waals surface area contributed by atoms with Gasteiger partial charge < -0.3 is 35.1 Å². The number of nitrogens with zero attached hydrogens (tertiary/aromatic N) is 3. The SMILES string of the molecule is CC[C@@](C)(NC(=O)OC(C)(C)C)C(=O)N[C@H](Cc1cn(C)c2ccccc12)C(=O)NC1Cc2cccc(N3CCCC3=O)c2N(Cc2ccsc2)C1=O. The highest BCUT2D eigenvalue weighted by Crippen LogP contribution is 2.40. The molecule has 1 unspecified atom stereocenters. The molecule has 3 atom stereocenters. The van der Waals surface area contributed by atoms with Gasteiger partial charge in [-0.1, -0.05) is 37.3 Å². The van der Waals surface area contributed by atoms with Crippen molar-refractivity contribution in [3.63, 3.8) is 0 Å². The molecule has 5 amide bonds. The predicted molar refractivity (Wildman–Crippen MR) is 206 cm³/mol. The Labute approximate surface area is 313 Å². The number of aryl methyl sites for hydroxylation is 1. The molecule has 4 heterocycles. The summed E-state index contributed by atoms with van der Waals surface area (Å²) < 4.78 is 7.41. The molecule has 6 rings (SSSR count). The number of benzene rings is 2. The molecule has 13 heteroatoms. The topological polar surface area (TPSA) is 142 Å². The zero-order valence-corrected chi connectivity index (χ0v) is 32.0. The van der Waals surface area contributed by atoms with Gasteiger partial charge in [0.1, 0.15) is 23.2 Å². The van der Waals surface area contributed by atoms with Gasteiger partial charge in [0.2, 0.25) is 23.6 Å². The molecule has 0 spiro atoms. The molecular weight excluding hydrogens is 693 g/mol. The Morgan fingerprint density at radius 2 is 1.81 bits per heavy atom. The van der Waals surface area contributed by atoms with Gasteiger partial charge in [-0.25, -0.2) is 4.79 Å². The summed E-state index contributed by atoms with van der Waals surface area (Å²) in [6, 6.07) is 13.4. The molecule has 2 aromatic heterocycles. The normalized spacial score (nSPS) is 17.7. The quantitative estimate of drug-likeness (QED) is 0.189. The largest absolute Gasteiger partial charge is 0.444 e. The number of fused-ring (bicyclic) bond motifs is 2. The Balaban J connectivity index is 1.31. The number of carbonyl (C=O) groups is 5.